The predicted octanol–water partition coefficient (Wildman–Crippen LogP) is 2.41. The summed E-state index contributed by atoms with van der Waals surface area (Å²) in [5.41, 5.74) is -0.942. The minimum atomic E-state index is -1.18. The van der Waals surface area contributed by atoms with Crippen molar-refractivity contribution in [3.05, 3.63) is 35.9 Å². The van der Waals surface area contributed by atoms with Crippen LogP contribution in [0.5, 0.6) is 0 Å². The highest BCUT2D eigenvalue weighted by Crippen LogP contribution is 2.22. The highest BCUT2D eigenvalue weighted by molar-refractivity contribution is 5.86. The molecule has 6 nitrogen and oxygen atoms in total. The normalized spacial score (nSPS) is 20.8. The van der Waals surface area contributed by atoms with Crippen LogP contribution in [0.25, 0.3) is 0 Å². The van der Waals surface area contributed by atoms with Crippen LogP contribution >= 0.6 is 0 Å². The smallest absolute Gasteiger partial charge is 0.408 e. The lowest BCUT2D eigenvalue weighted by molar-refractivity contribution is -0.153. The molecule has 0 saturated carbocycles. The Morgan fingerprint density at radius 1 is 1.26 bits per heavy atom. The zero-order valence-electron chi connectivity index (χ0n) is 13.8. The summed E-state index contributed by atoms with van der Waals surface area (Å²) in [5, 5.41) is 2.62. The van der Waals surface area contributed by atoms with E-state index in [9.17, 15) is 9.59 Å². The van der Waals surface area contributed by atoms with Crippen molar-refractivity contribution in [2.75, 3.05) is 13.2 Å². The van der Waals surface area contributed by atoms with Gasteiger partial charge in [-0.2, -0.15) is 0 Å². The molecule has 1 aromatic carbocycles. The molecule has 0 spiro atoms. The maximum atomic E-state index is 12.5. The average molecular weight is 321 g/mol. The molecule has 0 radical (unpaired) electrons. The Labute approximate surface area is 136 Å². The number of carbonyl (C=O) groups is 2. The minimum Gasteiger partial charge on any atom is -0.459 e. The van der Waals surface area contributed by atoms with Crippen LogP contribution in [0.15, 0.2) is 30.3 Å². The third-order valence-electron chi connectivity index (χ3n) is 3.37. The molecule has 0 aromatic heterocycles. The lowest BCUT2D eigenvalue weighted by Crippen LogP contribution is -2.56. The van der Waals surface area contributed by atoms with Gasteiger partial charge in [-0.25, -0.2) is 9.59 Å². The van der Waals surface area contributed by atoms with E-state index in [4.69, 9.17) is 14.2 Å². The lowest BCUT2D eigenvalue weighted by Gasteiger charge is -2.28. The van der Waals surface area contributed by atoms with Gasteiger partial charge in [0, 0.05) is 13.0 Å². The molecule has 0 aliphatic carbocycles. The van der Waals surface area contributed by atoms with Crippen molar-refractivity contribution in [1.29, 1.82) is 0 Å². The number of hydrogen-bond acceptors (Lipinski definition) is 5. The topological polar surface area (TPSA) is 73.9 Å². The molecule has 1 saturated heterocycles. The molecule has 126 valence electrons. The minimum absolute atomic E-state index is 0.0832. The summed E-state index contributed by atoms with van der Waals surface area (Å²) in [5.74, 6) is -0.510. The fourth-order valence-electron chi connectivity index (χ4n) is 2.24. The summed E-state index contributed by atoms with van der Waals surface area (Å²) in [6.07, 6.45) is -0.292. The van der Waals surface area contributed by atoms with Gasteiger partial charge in [0.2, 0.25) is 0 Å². The number of rotatable bonds is 4. The van der Waals surface area contributed by atoms with Crippen LogP contribution < -0.4 is 5.32 Å². The molecule has 1 aliphatic heterocycles. The number of ether oxygens (including phenoxy) is 3. The number of esters is 1. The van der Waals surface area contributed by atoms with Crippen LogP contribution in [-0.4, -0.2) is 36.4 Å². The van der Waals surface area contributed by atoms with Crippen molar-refractivity contribution in [2.45, 2.75) is 44.9 Å². The van der Waals surface area contributed by atoms with Crippen molar-refractivity contribution in [2.24, 2.45) is 0 Å². The molecule has 1 N–H and O–H groups in total. The van der Waals surface area contributed by atoms with Gasteiger partial charge in [-0.3, -0.25) is 0 Å². The Morgan fingerprint density at radius 2 is 1.96 bits per heavy atom. The monoisotopic (exact) mass is 321 g/mol. The van der Waals surface area contributed by atoms with Crippen molar-refractivity contribution < 1.29 is 23.8 Å². The molecule has 1 aliphatic rings. The number of hydrogen-bond donors (Lipinski definition) is 1. The van der Waals surface area contributed by atoms with Crippen LogP contribution in [0, 0.1) is 0 Å². The predicted molar refractivity (Wildman–Crippen MR) is 83.8 cm³/mol. The van der Waals surface area contributed by atoms with Gasteiger partial charge in [0.05, 0.1) is 6.61 Å². The van der Waals surface area contributed by atoms with E-state index in [0.717, 1.165) is 5.56 Å². The summed E-state index contributed by atoms with van der Waals surface area (Å²) < 4.78 is 15.9. The summed E-state index contributed by atoms with van der Waals surface area (Å²) in [7, 11) is 0. The number of carbonyl (C=O) groups excluding carboxylic acids is 2. The van der Waals surface area contributed by atoms with E-state index in [2.05, 4.69) is 5.32 Å². The Bertz CT molecular complexity index is 544. The van der Waals surface area contributed by atoms with Gasteiger partial charge in [0.15, 0.2) is 5.54 Å². The Balaban J connectivity index is 1.99. The summed E-state index contributed by atoms with van der Waals surface area (Å²) in [4.78, 5) is 24.5. The zero-order chi connectivity index (χ0) is 16.9. The molecule has 0 bridgehead atoms. The third-order valence-corrected chi connectivity index (χ3v) is 3.37. The van der Waals surface area contributed by atoms with Crippen LogP contribution in [-0.2, 0) is 25.6 Å². The van der Waals surface area contributed by atoms with E-state index in [-0.39, 0.29) is 13.2 Å². The fourth-order valence-corrected chi connectivity index (χ4v) is 2.24. The van der Waals surface area contributed by atoms with Gasteiger partial charge in [0.25, 0.3) is 0 Å². The Kier molecular flexibility index (Phi) is 5.26. The van der Waals surface area contributed by atoms with Gasteiger partial charge >= 0.3 is 12.1 Å². The van der Waals surface area contributed by atoms with Crippen molar-refractivity contribution in [1.82, 2.24) is 5.32 Å². The van der Waals surface area contributed by atoms with Crippen molar-refractivity contribution >= 4 is 12.1 Å². The maximum Gasteiger partial charge on any atom is 0.408 e. The molecule has 1 fully saturated rings. The second-order valence-corrected chi connectivity index (χ2v) is 6.57. The van der Waals surface area contributed by atoms with Gasteiger partial charge < -0.3 is 19.5 Å². The van der Waals surface area contributed by atoms with Gasteiger partial charge in [-0.05, 0) is 26.3 Å². The first-order valence-corrected chi connectivity index (χ1v) is 7.61. The molecule has 1 heterocycles. The first-order valence-electron chi connectivity index (χ1n) is 7.61. The second kappa shape index (κ2) is 7.00. The van der Waals surface area contributed by atoms with E-state index in [1.54, 1.807) is 20.8 Å². The molecule has 1 unspecified atom stereocenters. The zero-order valence-corrected chi connectivity index (χ0v) is 13.8. The molecular weight excluding hydrogens is 298 g/mol. The summed E-state index contributed by atoms with van der Waals surface area (Å²) in [6.45, 7) is 5.90. The van der Waals surface area contributed by atoms with Crippen LogP contribution in [0.3, 0.4) is 0 Å². The molecular formula is C17H23NO5. The Morgan fingerprint density at radius 3 is 2.52 bits per heavy atom. The first-order chi connectivity index (χ1) is 10.8. The molecule has 1 atom stereocenters. The number of amides is 1. The van der Waals surface area contributed by atoms with E-state index in [1.807, 2.05) is 30.3 Å². The van der Waals surface area contributed by atoms with Crippen LogP contribution in [0.4, 0.5) is 4.79 Å². The van der Waals surface area contributed by atoms with Gasteiger partial charge in [-0.15, -0.1) is 0 Å². The molecule has 2 rings (SSSR count). The first kappa shape index (κ1) is 17.3. The van der Waals surface area contributed by atoms with Gasteiger partial charge in [0.1, 0.15) is 12.2 Å². The number of alkyl carbamates (subject to hydrolysis) is 1. The van der Waals surface area contributed by atoms with Crippen molar-refractivity contribution in [3.63, 3.8) is 0 Å². The fraction of sp³-hybridized carbons (Fsp3) is 0.529. The van der Waals surface area contributed by atoms with Crippen LogP contribution in [0.1, 0.15) is 32.8 Å². The van der Waals surface area contributed by atoms with Crippen LogP contribution in [0.2, 0.25) is 0 Å². The van der Waals surface area contributed by atoms with E-state index in [1.165, 1.54) is 0 Å². The molecule has 23 heavy (non-hydrogen) atoms. The van der Waals surface area contributed by atoms with Gasteiger partial charge in [-0.1, -0.05) is 30.3 Å². The van der Waals surface area contributed by atoms with Crippen molar-refractivity contribution in [3.8, 4) is 0 Å². The van der Waals surface area contributed by atoms with E-state index in [0.29, 0.717) is 13.0 Å². The van der Waals surface area contributed by atoms with E-state index >= 15 is 0 Å². The molecule has 6 heteroatoms. The largest absolute Gasteiger partial charge is 0.459 e. The van der Waals surface area contributed by atoms with E-state index < -0.39 is 23.2 Å². The number of benzene rings is 1. The summed E-state index contributed by atoms with van der Waals surface area (Å²) in [6, 6.07) is 9.37. The summed E-state index contributed by atoms with van der Waals surface area (Å²) >= 11 is 0. The third kappa shape index (κ3) is 4.96. The molecule has 1 aromatic rings. The SMILES string of the molecule is CC(C)(C)OC(=O)NC1(C(=O)OCc2ccccc2)CCOC1. The maximum absolute atomic E-state index is 12.5. The lowest BCUT2D eigenvalue weighted by atomic mass is 9.99. The Hall–Kier alpha value is -2.08. The quantitative estimate of drug-likeness (QED) is 0.862. The second-order valence-electron chi connectivity index (χ2n) is 6.57. The molecule has 1 amide bonds. The highest BCUT2D eigenvalue weighted by atomic mass is 16.6. The standard InChI is InChI=1S/C17H23NO5/c1-16(2,3)23-15(20)18-17(9-10-21-12-17)14(19)22-11-13-7-5-4-6-8-13/h4-8H,9-12H2,1-3H3,(H,18,20). The average Bonchev–Trinajstić information content (AvgIpc) is 2.93. The highest BCUT2D eigenvalue weighted by Gasteiger charge is 2.46. The number of nitrogens with one attached hydrogen (secondary N) is 1.